The van der Waals surface area contributed by atoms with Gasteiger partial charge in [0.1, 0.15) is 23.5 Å². The topological polar surface area (TPSA) is 105 Å². The van der Waals surface area contributed by atoms with E-state index < -0.39 is 0 Å². The SMILES string of the molecule is COCCCOc1ccc(-c2cnc(Nc3cnc(C#N)cn3)cc2NCC2CCCCC2)cc1. The largest absolute Gasteiger partial charge is 0.494 e. The first-order valence-corrected chi connectivity index (χ1v) is 12.2. The van der Waals surface area contributed by atoms with E-state index in [1.54, 1.807) is 7.11 Å². The molecule has 0 unspecified atom stereocenters. The van der Waals surface area contributed by atoms with Gasteiger partial charge in [0.25, 0.3) is 0 Å². The highest BCUT2D eigenvalue weighted by Crippen LogP contribution is 2.32. The molecule has 182 valence electrons. The van der Waals surface area contributed by atoms with Gasteiger partial charge in [-0.25, -0.2) is 15.0 Å². The number of benzene rings is 1. The van der Waals surface area contributed by atoms with Gasteiger partial charge < -0.3 is 20.1 Å². The summed E-state index contributed by atoms with van der Waals surface area (Å²) in [7, 11) is 1.70. The lowest BCUT2D eigenvalue weighted by molar-refractivity contribution is 0.172. The molecule has 1 saturated carbocycles. The Hall–Kier alpha value is -3.70. The van der Waals surface area contributed by atoms with Crippen LogP contribution in [0.15, 0.2) is 48.9 Å². The highest BCUT2D eigenvalue weighted by Gasteiger charge is 2.15. The van der Waals surface area contributed by atoms with Crippen LogP contribution in [-0.2, 0) is 4.74 Å². The molecule has 0 radical (unpaired) electrons. The summed E-state index contributed by atoms with van der Waals surface area (Å²) in [4.78, 5) is 12.9. The zero-order chi connectivity index (χ0) is 24.3. The molecule has 0 aliphatic heterocycles. The summed E-state index contributed by atoms with van der Waals surface area (Å²) in [5.74, 6) is 2.73. The van der Waals surface area contributed by atoms with Crippen LogP contribution in [-0.4, -0.2) is 41.8 Å². The van der Waals surface area contributed by atoms with Gasteiger partial charge in [0.2, 0.25) is 0 Å². The van der Waals surface area contributed by atoms with Crippen molar-refractivity contribution in [2.45, 2.75) is 38.5 Å². The Morgan fingerprint density at radius 2 is 1.77 bits per heavy atom. The fourth-order valence-corrected chi connectivity index (χ4v) is 4.25. The number of aromatic nitrogens is 3. The number of nitrogens with zero attached hydrogens (tertiary/aromatic N) is 4. The molecule has 8 nitrogen and oxygen atoms in total. The minimum Gasteiger partial charge on any atom is -0.494 e. The summed E-state index contributed by atoms with van der Waals surface area (Å²) in [6.07, 6.45) is 12.2. The average Bonchev–Trinajstić information content (AvgIpc) is 2.91. The van der Waals surface area contributed by atoms with Gasteiger partial charge in [-0.15, -0.1) is 0 Å². The maximum Gasteiger partial charge on any atom is 0.158 e. The van der Waals surface area contributed by atoms with Crippen LogP contribution in [0.25, 0.3) is 11.1 Å². The Morgan fingerprint density at radius 1 is 0.971 bits per heavy atom. The van der Waals surface area contributed by atoms with Crippen molar-refractivity contribution in [1.82, 2.24) is 15.0 Å². The molecule has 0 spiro atoms. The van der Waals surface area contributed by atoms with E-state index in [9.17, 15) is 0 Å². The minimum absolute atomic E-state index is 0.278. The number of hydrogen-bond donors (Lipinski definition) is 2. The molecule has 0 saturated heterocycles. The number of ether oxygens (including phenoxy) is 2. The van der Waals surface area contributed by atoms with Gasteiger partial charge in [-0.3, -0.25) is 0 Å². The van der Waals surface area contributed by atoms with E-state index in [1.807, 2.05) is 30.5 Å². The molecular formula is C27H32N6O2. The summed E-state index contributed by atoms with van der Waals surface area (Å²) in [6.45, 7) is 2.25. The van der Waals surface area contributed by atoms with E-state index in [-0.39, 0.29) is 5.69 Å². The predicted octanol–water partition coefficient (Wildman–Crippen LogP) is 5.56. The molecule has 35 heavy (non-hydrogen) atoms. The molecule has 0 bridgehead atoms. The third-order valence-corrected chi connectivity index (χ3v) is 6.16. The van der Waals surface area contributed by atoms with E-state index >= 15 is 0 Å². The third-order valence-electron chi connectivity index (χ3n) is 6.16. The van der Waals surface area contributed by atoms with Crippen LogP contribution in [0.2, 0.25) is 0 Å². The Bertz CT molecular complexity index is 1110. The standard InChI is InChI=1S/C27H32N6O2/c1-34-12-5-13-35-23-10-8-21(9-11-23)24-18-32-26(33-27-19-29-22(15-28)17-31-27)14-25(24)30-16-20-6-3-2-4-7-20/h8-11,14,17-20H,2-7,12-13,16H2,1H3,(H2,30,31,32,33). The van der Waals surface area contributed by atoms with Crippen LogP contribution in [0.1, 0.15) is 44.2 Å². The number of rotatable bonds is 11. The monoisotopic (exact) mass is 472 g/mol. The summed E-state index contributed by atoms with van der Waals surface area (Å²) in [6, 6.07) is 12.1. The summed E-state index contributed by atoms with van der Waals surface area (Å²) >= 11 is 0. The Balaban J connectivity index is 1.51. The predicted molar refractivity (Wildman–Crippen MR) is 137 cm³/mol. The minimum atomic E-state index is 0.278. The second kappa shape index (κ2) is 12.7. The molecule has 1 fully saturated rings. The fraction of sp³-hybridized carbons (Fsp3) is 0.407. The lowest BCUT2D eigenvalue weighted by Crippen LogP contribution is -2.17. The second-order valence-corrected chi connectivity index (χ2v) is 8.74. The maximum atomic E-state index is 8.93. The summed E-state index contributed by atoms with van der Waals surface area (Å²) in [5.41, 5.74) is 3.39. The van der Waals surface area contributed by atoms with Crippen molar-refractivity contribution in [3.05, 3.63) is 54.6 Å². The van der Waals surface area contributed by atoms with E-state index in [0.717, 1.165) is 35.5 Å². The van der Waals surface area contributed by atoms with E-state index in [2.05, 4.69) is 37.7 Å². The first-order chi connectivity index (χ1) is 17.2. The zero-order valence-corrected chi connectivity index (χ0v) is 20.2. The molecule has 4 rings (SSSR count). The lowest BCUT2D eigenvalue weighted by atomic mass is 9.89. The van der Waals surface area contributed by atoms with Crippen molar-refractivity contribution >= 4 is 17.3 Å². The van der Waals surface area contributed by atoms with Crippen molar-refractivity contribution in [2.75, 3.05) is 37.5 Å². The molecule has 0 atom stereocenters. The first kappa shape index (κ1) is 24.4. The second-order valence-electron chi connectivity index (χ2n) is 8.74. The van der Waals surface area contributed by atoms with Crippen LogP contribution in [0.3, 0.4) is 0 Å². The van der Waals surface area contributed by atoms with Gasteiger partial charge in [0, 0.05) is 50.2 Å². The summed E-state index contributed by atoms with van der Waals surface area (Å²) in [5, 5.41) is 15.8. The normalized spacial score (nSPS) is 13.7. The molecule has 2 heterocycles. The van der Waals surface area contributed by atoms with Crippen molar-refractivity contribution in [1.29, 1.82) is 5.26 Å². The smallest absolute Gasteiger partial charge is 0.158 e. The lowest BCUT2D eigenvalue weighted by Gasteiger charge is -2.23. The maximum absolute atomic E-state index is 8.93. The molecule has 3 aromatic rings. The van der Waals surface area contributed by atoms with Crippen LogP contribution in [0.4, 0.5) is 17.3 Å². The zero-order valence-electron chi connectivity index (χ0n) is 20.2. The number of hydrogen-bond acceptors (Lipinski definition) is 8. The van der Waals surface area contributed by atoms with Crippen molar-refractivity contribution in [3.63, 3.8) is 0 Å². The molecule has 1 aliphatic rings. The number of nitriles is 1. The number of nitrogens with one attached hydrogen (secondary N) is 2. The van der Waals surface area contributed by atoms with Crippen molar-refractivity contribution in [3.8, 4) is 22.9 Å². The molecular weight excluding hydrogens is 440 g/mol. The van der Waals surface area contributed by atoms with Gasteiger partial charge in [0.15, 0.2) is 5.69 Å². The molecule has 2 N–H and O–H groups in total. The van der Waals surface area contributed by atoms with Gasteiger partial charge in [-0.1, -0.05) is 31.4 Å². The molecule has 1 aromatic carbocycles. The molecule has 0 amide bonds. The Morgan fingerprint density at radius 3 is 2.49 bits per heavy atom. The van der Waals surface area contributed by atoms with Crippen LogP contribution in [0, 0.1) is 17.2 Å². The van der Waals surface area contributed by atoms with E-state index in [4.69, 9.17) is 14.7 Å². The van der Waals surface area contributed by atoms with Crippen LogP contribution >= 0.6 is 0 Å². The number of pyridine rings is 1. The molecule has 1 aliphatic carbocycles. The van der Waals surface area contributed by atoms with Crippen LogP contribution < -0.4 is 15.4 Å². The van der Waals surface area contributed by atoms with Crippen molar-refractivity contribution in [2.24, 2.45) is 5.92 Å². The Labute approximate surface area is 206 Å². The van der Waals surface area contributed by atoms with Gasteiger partial charge in [-0.2, -0.15) is 5.26 Å². The van der Waals surface area contributed by atoms with E-state index in [1.165, 1.54) is 44.5 Å². The first-order valence-electron chi connectivity index (χ1n) is 12.2. The quantitative estimate of drug-likeness (QED) is 0.349. The number of anilines is 3. The van der Waals surface area contributed by atoms with Gasteiger partial charge in [0.05, 0.1) is 19.0 Å². The van der Waals surface area contributed by atoms with Crippen molar-refractivity contribution < 1.29 is 9.47 Å². The third kappa shape index (κ3) is 7.14. The highest BCUT2D eigenvalue weighted by molar-refractivity contribution is 5.79. The van der Waals surface area contributed by atoms with E-state index in [0.29, 0.717) is 30.8 Å². The van der Waals surface area contributed by atoms with Gasteiger partial charge >= 0.3 is 0 Å². The fourth-order valence-electron chi connectivity index (χ4n) is 4.25. The van der Waals surface area contributed by atoms with Gasteiger partial charge in [-0.05, 0) is 36.5 Å². The number of methoxy groups -OCH3 is 1. The summed E-state index contributed by atoms with van der Waals surface area (Å²) < 4.78 is 10.9. The average molecular weight is 473 g/mol. The highest BCUT2D eigenvalue weighted by atomic mass is 16.5. The van der Waals surface area contributed by atoms with Crippen LogP contribution in [0.5, 0.6) is 5.75 Å². The molecule has 2 aromatic heterocycles. The Kier molecular flexibility index (Phi) is 8.85. The molecule has 8 heteroatoms.